The molecule has 0 saturated heterocycles. The molecule has 6 heteroatoms. The fraction of sp³-hybridized carbons (Fsp3) is 0.364. The highest BCUT2D eigenvalue weighted by Crippen LogP contribution is 2.21. The minimum Gasteiger partial charge on any atom is -0.497 e. The van der Waals surface area contributed by atoms with Crippen molar-refractivity contribution in [1.29, 1.82) is 0 Å². The fourth-order valence-electron chi connectivity index (χ4n) is 2.69. The number of rotatable bonds is 8. The van der Waals surface area contributed by atoms with Crippen LogP contribution in [-0.2, 0) is 16.8 Å². The maximum atomic E-state index is 12.1. The Labute approximate surface area is 167 Å². The highest BCUT2D eigenvalue weighted by Gasteiger charge is 2.20. The number of nitrogens with one attached hydrogen (secondary N) is 3. The first kappa shape index (κ1) is 21.3. The molecule has 0 atom stereocenters. The number of aliphatic imine (C=N–C) groups is 1. The predicted octanol–water partition coefficient (Wildman–Crippen LogP) is 2.45. The standard InChI is InChI=1S/C22H30N4O2/c1-22(2,18-8-6-5-7-9-18)16-26-21(23-3)25-15-20(27)24-14-17-10-12-19(28-4)13-11-17/h5-13H,14-16H2,1-4H3,(H,24,27)(H2,23,25,26). The monoisotopic (exact) mass is 382 g/mol. The first-order chi connectivity index (χ1) is 13.4. The van der Waals surface area contributed by atoms with E-state index in [9.17, 15) is 4.79 Å². The molecule has 0 heterocycles. The van der Waals surface area contributed by atoms with Gasteiger partial charge in [-0.3, -0.25) is 9.79 Å². The summed E-state index contributed by atoms with van der Waals surface area (Å²) in [5.74, 6) is 1.30. The van der Waals surface area contributed by atoms with Gasteiger partial charge in [0.2, 0.25) is 5.91 Å². The molecule has 0 aromatic heterocycles. The second kappa shape index (κ2) is 10.3. The summed E-state index contributed by atoms with van der Waals surface area (Å²) in [6.45, 7) is 5.66. The smallest absolute Gasteiger partial charge is 0.239 e. The van der Waals surface area contributed by atoms with E-state index in [1.807, 2.05) is 42.5 Å². The summed E-state index contributed by atoms with van der Waals surface area (Å²) in [4.78, 5) is 16.3. The summed E-state index contributed by atoms with van der Waals surface area (Å²) in [6, 6.07) is 17.9. The molecule has 0 bridgehead atoms. The van der Waals surface area contributed by atoms with Crippen molar-refractivity contribution in [2.75, 3.05) is 27.2 Å². The van der Waals surface area contributed by atoms with E-state index in [1.54, 1.807) is 14.2 Å². The van der Waals surface area contributed by atoms with E-state index in [-0.39, 0.29) is 17.9 Å². The van der Waals surface area contributed by atoms with E-state index in [0.717, 1.165) is 11.3 Å². The molecule has 0 fully saturated rings. The summed E-state index contributed by atoms with van der Waals surface area (Å²) in [5.41, 5.74) is 2.20. The van der Waals surface area contributed by atoms with Crippen LogP contribution in [0.5, 0.6) is 5.75 Å². The molecule has 2 aromatic carbocycles. The maximum absolute atomic E-state index is 12.1. The van der Waals surface area contributed by atoms with Gasteiger partial charge in [-0.05, 0) is 23.3 Å². The van der Waals surface area contributed by atoms with Gasteiger partial charge in [-0.1, -0.05) is 56.3 Å². The number of hydrogen-bond acceptors (Lipinski definition) is 3. The molecule has 0 unspecified atom stereocenters. The van der Waals surface area contributed by atoms with E-state index in [1.165, 1.54) is 5.56 Å². The molecule has 3 N–H and O–H groups in total. The van der Waals surface area contributed by atoms with Crippen LogP contribution in [0.15, 0.2) is 59.6 Å². The largest absolute Gasteiger partial charge is 0.497 e. The number of nitrogens with zero attached hydrogens (tertiary/aromatic N) is 1. The van der Waals surface area contributed by atoms with Crippen LogP contribution in [-0.4, -0.2) is 39.1 Å². The predicted molar refractivity (Wildman–Crippen MR) is 114 cm³/mol. The van der Waals surface area contributed by atoms with Crippen molar-refractivity contribution in [3.8, 4) is 5.75 Å². The van der Waals surface area contributed by atoms with Gasteiger partial charge in [-0.25, -0.2) is 0 Å². The van der Waals surface area contributed by atoms with Crippen LogP contribution in [0.3, 0.4) is 0 Å². The topological polar surface area (TPSA) is 74.8 Å². The number of carbonyl (C=O) groups is 1. The Balaban J connectivity index is 1.75. The lowest BCUT2D eigenvalue weighted by molar-refractivity contribution is -0.120. The second-order valence-corrected chi connectivity index (χ2v) is 7.15. The number of benzene rings is 2. The SMILES string of the molecule is CN=C(NCC(=O)NCc1ccc(OC)cc1)NCC(C)(C)c1ccccc1. The number of ether oxygens (including phenoxy) is 1. The third-order valence-electron chi connectivity index (χ3n) is 4.54. The first-order valence-corrected chi connectivity index (χ1v) is 9.34. The van der Waals surface area contributed by atoms with Gasteiger partial charge in [0, 0.05) is 25.6 Å². The summed E-state index contributed by atoms with van der Waals surface area (Å²) in [7, 11) is 3.32. The fourth-order valence-corrected chi connectivity index (χ4v) is 2.69. The molecule has 2 rings (SSSR count). The van der Waals surface area contributed by atoms with Crippen LogP contribution in [0, 0.1) is 0 Å². The Morgan fingerprint density at radius 1 is 1.00 bits per heavy atom. The third kappa shape index (κ3) is 6.61. The van der Waals surface area contributed by atoms with Gasteiger partial charge in [0.05, 0.1) is 13.7 Å². The molecule has 28 heavy (non-hydrogen) atoms. The summed E-state index contributed by atoms with van der Waals surface area (Å²) < 4.78 is 5.13. The minimum atomic E-state index is -0.0962. The summed E-state index contributed by atoms with van der Waals surface area (Å²) in [5, 5.41) is 9.24. The molecular weight excluding hydrogens is 352 g/mol. The van der Waals surface area contributed by atoms with Crippen molar-refractivity contribution in [1.82, 2.24) is 16.0 Å². The Kier molecular flexibility index (Phi) is 7.87. The molecule has 0 saturated carbocycles. The number of methoxy groups -OCH3 is 1. The average Bonchev–Trinajstić information content (AvgIpc) is 2.73. The Hall–Kier alpha value is -3.02. The van der Waals surface area contributed by atoms with Crippen LogP contribution >= 0.6 is 0 Å². The van der Waals surface area contributed by atoms with E-state index >= 15 is 0 Å². The van der Waals surface area contributed by atoms with Crippen molar-refractivity contribution in [2.45, 2.75) is 25.8 Å². The Morgan fingerprint density at radius 3 is 2.29 bits per heavy atom. The highest BCUT2D eigenvalue weighted by molar-refractivity contribution is 5.86. The quantitative estimate of drug-likeness (QED) is 0.484. The van der Waals surface area contributed by atoms with Gasteiger partial charge in [0.25, 0.3) is 0 Å². The average molecular weight is 383 g/mol. The molecule has 150 valence electrons. The maximum Gasteiger partial charge on any atom is 0.239 e. The van der Waals surface area contributed by atoms with Gasteiger partial charge < -0.3 is 20.7 Å². The zero-order valence-electron chi connectivity index (χ0n) is 17.1. The number of hydrogen-bond donors (Lipinski definition) is 3. The van der Waals surface area contributed by atoms with Crippen molar-refractivity contribution in [3.63, 3.8) is 0 Å². The normalized spacial score (nSPS) is 11.6. The first-order valence-electron chi connectivity index (χ1n) is 9.34. The van der Waals surface area contributed by atoms with Gasteiger partial charge in [-0.15, -0.1) is 0 Å². The number of amides is 1. The van der Waals surface area contributed by atoms with Crippen molar-refractivity contribution in [2.24, 2.45) is 4.99 Å². The Morgan fingerprint density at radius 2 is 1.68 bits per heavy atom. The van der Waals surface area contributed by atoms with E-state index in [4.69, 9.17) is 4.74 Å². The molecular formula is C22H30N4O2. The highest BCUT2D eigenvalue weighted by atomic mass is 16.5. The molecule has 0 aliphatic rings. The van der Waals surface area contributed by atoms with Crippen molar-refractivity contribution in [3.05, 3.63) is 65.7 Å². The minimum absolute atomic E-state index is 0.0600. The van der Waals surface area contributed by atoms with Gasteiger partial charge in [0.15, 0.2) is 5.96 Å². The lowest BCUT2D eigenvalue weighted by Crippen LogP contribution is -2.46. The van der Waals surface area contributed by atoms with Gasteiger partial charge in [-0.2, -0.15) is 0 Å². The van der Waals surface area contributed by atoms with Crippen molar-refractivity contribution >= 4 is 11.9 Å². The van der Waals surface area contributed by atoms with Crippen molar-refractivity contribution < 1.29 is 9.53 Å². The summed E-state index contributed by atoms with van der Waals surface area (Å²) in [6.07, 6.45) is 0. The van der Waals surface area contributed by atoms with Crippen LogP contribution in [0.25, 0.3) is 0 Å². The zero-order valence-corrected chi connectivity index (χ0v) is 17.1. The zero-order chi connectivity index (χ0) is 20.4. The van der Waals surface area contributed by atoms with Crippen LogP contribution in [0.2, 0.25) is 0 Å². The van der Waals surface area contributed by atoms with Crippen LogP contribution in [0.4, 0.5) is 0 Å². The van der Waals surface area contributed by atoms with E-state index < -0.39 is 0 Å². The Bertz CT molecular complexity index is 771. The molecule has 6 nitrogen and oxygen atoms in total. The molecule has 0 aliphatic carbocycles. The van der Waals surface area contributed by atoms with Gasteiger partial charge in [0.1, 0.15) is 5.75 Å². The van der Waals surface area contributed by atoms with E-state index in [0.29, 0.717) is 19.0 Å². The van der Waals surface area contributed by atoms with E-state index in [2.05, 4.69) is 46.9 Å². The van der Waals surface area contributed by atoms with Gasteiger partial charge >= 0.3 is 0 Å². The number of carbonyl (C=O) groups excluding carboxylic acids is 1. The van der Waals surface area contributed by atoms with Crippen LogP contribution < -0.4 is 20.7 Å². The molecule has 0 aliphatic heterocycles. The molecule has 0 radical (unpaired) electrons. The molecule has 1 amide bonds. The second-order valence-electron chi connectivity index (χ2n) is 7.15. The molecule has 0 spiro atoms. The lowest BCUT2D eigenvalue weighted by Gasteiger charge is -2.26. The molecule has 2 aromatic rings. The lowest BCUT2D eigenvalue weighted by atomic mass is 9.85. The summed E-state index contributed by atoms with van der Waals surface area (Å²) >= 11 is 0. The van der Waals surface area contributed by atoms with Crippen LogP contribution in [0.1, 0.15) is 25.0 Å². The third-order valence-corrected chi connectivity index (χ3v) is 4.54. The number of guanidine groups is 1.